The van der Waals surface area contributed by atoms with Gasteiger partial charge in [0.05, 0.1) is 17.4 Å². The van der Waals surface area contributed by atoms with Gasteiger partial charge in [-0.15, -0.1) is 0 Å². The van der Waals surface area contributed by atoms with Gasteiger partial charge in [0.2, 0.25) is 5.91 Å². The molecule has 0 bridgehead atoms. The zero-order valence-electron chi connectivity index (χ0n) is 12.4. The third-order valence-corrected chi connectivity index (χ3v) is 5.33. The monoisotopic (exact) mass is 293 g/mol. The number of carbonyl (C=O) groups excluding carboxylic acids is 1. The van der Waals surface area contributed by atoms with Gasteiger partial charge in [-0.25, -0.2) is 0 Å². The SMILES string of the molecule is C=C(C)[C@@H]1OCCC[C@H]1C(=O)N[C@@H]1C[C@H]2C[C@@]2(C(=O)O)C1. The summed E-state index contributed by atoms with van der Waals surface area (Å²) in [5.74, 6) is -0.645. The van der Waals surface area contributed by atoms with Crippen molar-refractivity contribution in [3.8, 4) is 0 Å². The first-order chi connectivity index (χ1) is 9.94. The molecule has 0 radical (unpaired) electrons. The average molecular weight is 293 g/mol. The fourth-order valence-corrected chi connectivity index (χ4v) is 4.11. The van der Waals surface area contributed by atoms with Crippen molar-refractivity contribution < 1.29 is 19.4 Å². The Bertz CT molecular complexity index is 489. The van der Waals surface area contributed by atoms with Crippen LogP contribution in [0.15, 0.2) is 12.2 Å². The van der Waals surface area contributed by atoms with Crippen molar-refractivity contribution in [3.63, 3.8) is 0 Å². The lowest BCUT2D eigenvalue weighted by molar-refractivity contribution is -0.144. The Morgan fingerprint density at radius 1 is 1.38 bits per heavy atom. The molecule has 0 spiro atoms. The Kier molecular flexibility index (Phi) is 3.56. The average Bonchev–Trinajstić information content (AvgIpc) is 3.02. The quantitative estimate of drug-likeness (QED) is 0.774. The lowest BCUT2D eigenvalue weighted by Gasteiger charge is -2.32. The van der Waals surface area contributed by atoms with Crippen LogP contribution in [0.4, 0.5) is 0 Å². The van der Waals surface area contributed by atoms with Crippen LogP contribution in [-0.2, 0) is 14.3 Å². The molecule has 0 unspecified atom stereocenters. The summed E-state index contributed by atoms with van der Waals surface area (Å²) in [6.45, 7) is 6.48. The molecule has 0 aromatic heterocycles. The molecule has 21 heavy (non-hydrogen) atoms. The molecule has 5 heteroatoms. The van der Waals surface area contributed by atoms with Gasteiger partial charge in [-0.05, 0) is 44.9 Å². The largest absolute Gasteiger partial charge is 0.481 e. The molecular formula is C16H23NO4. The number of rotatable bonds is 4. The molecule has 0 aromatic rings. The highest BCUT2D eigenvalue weighted by atomic mass is 16.5. The van der Waals surface area contributed by atoms with Gasteiger partial charge < -0.3 is 15.2 Å². The number of carboxylic acid groups (broad SMARTS) is 1. The number of amides is 1. The lowest BCUT2D eigenvalue weighted by atomic mass is 9.89. The van der Waals surface area contributed by atoms with Crippen molar-refractivity contribution in [1.29, 1.82) is 0 Å². The van der Waals surface area contributed by atoms with Crippen LogP contribution >= 0.6 is 0 Å². The van der Waals surface area contributed by atoms with E-state index in [0.29, 0.717) is 13.0 Å². The van der Waals surface area contributed by atoms with Gasteiger partial charge in [0, 0.05) is 12.6 Å². The van der Waals surface area contributed by atoms with Crippen LogP contribution < -0.4 is 5.32 Å². The number of hydrogen-bond donors (Lipinski definition) is 2. The second-order valence-corrected chi connectivity index (χ2v) is 6.89. The van der Waals surface area contributed by atoms with E-state index < -0.39 is 11.4 Å². The van der Waals surface area contributed by atoms with Gasteiger partial charge in [-0.1, -0.05) is 12.2 Å². The molecule has 2 N–H and O–H groups in total. The summed E-state index contributed by atoms with van der Waals surface area (Å²) >= 11 is 0. The predicted molar refractivity (Wildman–Crippen MR) is 76.6 cm³/mol. The number of carbonyl (C=O) groups is 2. The molecule has 5 nitrogen and oxygen atoms in total. The van der Waals surface area contributed by atoms with Crippen LogP contribution in [0.1, 0.15) is 39.0 Å². The molecular weight excluding hydrogens is 270 g/mol. The second-order valence-electron chi connectivity index (χ2n) is 6.89. The summed E-state index contributed by atoms with van der Waals surface area (Å²) in [5.41, 5.74) is 0.334. The summed E-state index contributed by atoms with van der Waals surface area (Å²) < 4.78 is 5.67. The molecule has 1 saturated heterocycles. The van der Waals surface area contributed by atoms with Gasteiger partial charge >= 0.3 is 5.97 Å². The number of carboxylic acids is 1. The van der Waals surface area contributed by atoms with Crippen LogP contribution in [0.3, 0.4) is 0 Å². The van der Waals surface area contributed by atoms with Gasteiger partial charge in [-0.2, -0.15) is 0 Å². The summed E-state index contributed by atoms with van der Waals surface area (Å²) in [6, 6.07) is 0.0000444. The van der Waals surface area contributed by atoms with Crippen molar-refractivity contribution in [1.82, 2.24) is 5.32 Å². The van der Waals surface area contributed by atoms with E-state index in [4.69, 9.17) is 4.74 Å². The van der Waals surface area contributed by atoms with Crippen molar-refractivity contribution in [2.75, 3.05) is 6.61 Å². The lowest BCUT2D eigenvalue weighted by Crippen LogP contribution is -2.45. The van der Waals surface area contributed by atoms with Gasteiger partial charge in [0.1, 0.15) is 0 Å². The summed E-state index contributed by atoms with van der Waals surface area (Å²) in [4.78, 5) is 23.8. The van der Waals surface area contributed by atoms with Crippen molar-refractivity contribution in [2.45, 2.75) is 51.2 Å². The van der Waals surface area contributed by atoms with E-state index in [1.54, 1.807) is 0 Å². The fraction of sp³-hybridized carbons (Fsp3) is 0.750. The van der Waals surface area contributed by atoms with E-state index in [1.165, 1.54) is 0 Å². The highest BCUT2D eigenvalue weighted by molar-refractivity contribution is 5.82. The van der Waals surface area contributed by atoms with Crippen LogP contribution in [0, 0.1) is 17.3 Å². The van der Waals surface area contributed by atoms with E-state index in [1.807, 2.05) is 6.92 Å². The van der Waals surface area contributed by atoms with Gasteiger partial charge in [0.25, 0.3) is 0 Å². The molecule has 2 aliphatic carbocycles. The molecule has 3 aliphatic rings. The molecule has 1 heterocycles. The normalized spacial score (nSPS) is 41.2. The van der Waals surface area contributed by atoms with E-state index in [2.05, 4.69) is 11.9 Å². The molecule has 116 valence electrons. The number of aliphatic carboxylic acids is 1. The Labute approximate surface area is 124 Å². The Morgan fingerprint density at radius 2 is 2.14 bits per heavy atom. The van der Waals surface area contributed by atoms with E-state index in [-0.39, 0.29) is 29.9 Å². The Balaban J connectivity index is 1.59. The van der Waals surface area contributed by atoms with Crippen molar-refractivity contribution in [3.05, 3.63) is 12.2 Å². The van der Waals surface area contributed by atoms with Crippen LogP contribution in [0.5, 0.6) is 0 Å². The first kappa shape index (κ1) is 14.6. The summed E-state index contributed by atoms with van der Waals surface area (Å²) in [5, 5.41) is 12.3. The Hall–Kier alpha value is -1.36. The maximum Gasteiger partial charge on any atom is 0.310 e. The third-order valence-electron chi connectivity index (χ3n) is 5.33. The smallest absolute Gasteiger partial charge is 0.310 e. The summed E-state index contributed by atoms with van der Waals surface area (Å²) in [7, 11) is 0. The van der Waals surface area contributed by atoms with Crippen LogP contribution in [-0.4, -0.2) is 35.7 Å². The Morgan fingerprint density at radius 3 is 2.76 bits per heavy atom. The molecule has 1 amide bonds. The number of nitrogens with one attached hydrogen (secondary N) is 1. The van der Waals surface area contributed by atoms with Crippen molar-refractivity contribution >= 4 is 11.9 Å². The van der Waals surface area contributed by atoms with Gasteiger partial charge in [-0.3, -0.25) is 9.59 Å². The molecule has 2 saturated carbocycles. The molecule has 3 rings (SSSR count). The molecule has 0 aromatic carbocycles. The maximum atomic E-state index is 12.5. The zero-order chi connectivity index (χ0) is 15.2. The number of ether oxygens (including phenoxy) is 1. The number of fused-ring (bicyclic) bond motifs is 1. The first-order valence-corrected chi connectivity index (χ1v) is 7.75. The van der Waals surface area contributed by atoms with Crippen LogP contribution in [0.2, 0.25) is 0 Å². The minimum atomic E-state index is -0.704. The standard InChI is InChI=1S/C16H23NO4/c1-9(2)13-12(4-3-5-21-13)14(18)17-11-6-10-7-16(10,8-11)15(19)20/h10-13H,1,3-8H2,2H3,(H,17,18)(H,19,20)/t10-,11+,12+,13-,16+/m0/s1. The van der Waals surface area contributed by atoms with Crippen LogP contribution in [0.25, 0.3) is 0 Å². The van der Waals surface area contributed by atoms with Crippen molar-refractivity contribution in [2.24, 2.45) is 17.3 Å². The highest BCUT2D eigenvalue weighted by Gasteiger charge is 2.65. The van der Waals surface area contributed by atoms with E-state index >= 15 is 0 Å². The first-order valence-electron chi connectivity index (χ1n) is 7.75. The van der Waals surface area contributed by atoms with Gasteiger partial charge in [0.15, 0.2) is 0 Å². The zero-order valence-corrected chi connectivity index (χ0v) is 12.4. The highest BCUT2D eigenvalue weighted by Crippen LogP contribution is 2.63. The predicted octanol–water partition coefficient (Wildman–Crippen LogP) is 1.73. The molecule has 1 aliphatic heterocycles. The summed E-state index contributed by atoms with van der Waals surface area (Å²) in [6.07, 6.45) is 3.63. The maximum absolute atomic E-state index is 12.5. The molecule has 5 atom stereocenters. The van der Waals surface area contributed by atoms with E-state index in [0.717, 1.165) is 31.3 Å². The fourth-order valence-electron chi connectivity index (χ4n) is 4.11. The van der Waals surface area contributed by atoms with E-state index in [9.17, 15) is 14.7 Å². The second kappa shape index (κ2) is 5.13. The molecule has 3 fully saturated rings. The topological polar surface area (TPSA) is 75.6 Å². The minimum absolute atomic E-state index is 0.0000444. The third kappa shape index (κ3) is 2.48. The minimum Gasteiger partial charge on any atom is -0.481 e. The number of hydrogen-bond acceptors (Lipinski definition) is 3.